The molecule has 0 aliphatic rings. The number of hydrogen-bond donors (Lipinski definition) is 0. The Morgan fingerprint density at radius 2 is 1.06 bits per heavy atom. The molecule has 0 radical (unpaired) electrons. The maximum absolute atomic E-state index is 6.46. The molecule has 9 rings (SSSR count). The van der Waals surface area contributed by atoms with Gasteiger partial charge in [-0.05, 0) is 40.8 Å². The summed E-state index contributed by atoms with van der Waals surface area (Å²) in [4.78, 5) is 28.5. The molecule has 0 bridgehead atoms. The van der Waals surface area contributed by atoms with Gasteiger partial charge in [0.15, 0.2) is 23.1 Å². The van der Waals surface area contributed by atoms with Gasteiger partial charge in [-0.1, -0.05) is 109 Å². The average molecular weight is 605 g/mol. The van der Waals surface area contributed by atoms with Crippen LogP contribution in [0.15, 0.2) is 150 Å². The van der Waals surface area contributed by atoms with Crippen molar-refractivity contribution in [2.75, 3.05) is 0 Å². The van der Waals surface area contributed by atoms with Gasteiger partial charge < -0.3 is 4.42 Å². The standard InChI is InChI=1S/C40H24N6O/c1-3-10-25(11-4-1)38-44-39(26-12-5-2-6-13-26)46-40(45-38)30-17-9-16-27(20-30)29-18-19-32-34(22-29)47-37-35(32)42-24-43-36(37)33-21-28-14-7-8-15-31(28)23-41-33/h1-24H. The van der Waals surface area contributed by atoms with E-state index in [-0.39, 0.29) is 0 Å². The first-order chi connectivity index (χ1) is 23.3. The maximum atomic E-state index is 6.46. The first-order valence-electron chi connectivity index (χ1n) is 15.3. The zero-order valence-electron chi connectivity index (χ0n) is 24.9. The van der Waals surface area contributed by atoms with Gasteiger partial charge in [-0.2, -0.15) is 0 Å². The minimum atomic E-state index is 0.604. The molecule has 7 nitrogen and oxygen atoms in total. The van der Waals surface area contributed by atoms with Gasteiger partial charge >= 0.3 is 0 Å². The largest absolute Gasteiger partial charge is 0.452 e. The van der Waals surface area contributed by atoms with Crippen molar-refractivity contribution in [2.45, 2.75) is 0 Å². The quantitative estimate of drug-likeness (QED) is 0.193. The van der Waals surface area contributed by atoms with E-state index >= 15 is 0 Å². The first-order valence-corrected chi connectivity index (χ1v) is 15.3. The molecule has 0 unspecified atom stereocenters. The third-order valence-electron chi connectivity index (χ3n) is 8.28. The Morgan fingerprint density at radius 3 is 1.81 bits per heavy atom. The fraction of sp³-hybridized carbons (Fsp3) is 0. The van der Waals surface area contributed by atoms with Gasteiger partial charge in [0.2, 0.25) is 0 Å². The summed E-state index contributed by atoms with van der Waals surface area (Å²) in [5, 5.41) is 3.08. The summed E-state index contributed by atoms with van der Waals surface area (Å²) in [5.74, 6) is 1.86. The van der Waals surface area contributed by atoms with Crippen LogP contribution in [0.1, 0.15) is 0 Å². The second-order valence-electron chi connectivity index (χ2n) is 11.2. The predicted molar refractivity (Wildman–Crippen MR) is 185 cm³/mol. The van der Waals surface area contributed by atoms with Crippen molar-refractivity contribution in [1.29, 1.82) is 0 Å². The number of pyridine rings is 1. The fourth-order valence-electron chi connectivity index (χ4n) is 5.93. The van der Waals surface area contributed by atoms with E-state index in [1.54, 1.807) is 6.33 Å². The van der Waals surface area contributed by atoms with Crippen LogP contribution in [0, 0.1) is 0 Å². The Bertz CT molecular complexity index is 2520. The van der Waals surface area contributed by atoms with Crippen LogP contribution in [0.3, 0.4) is 0 Å². The summed E-state index contributed by atoms with van der Waals surface area (Å²) < 4.78 is 6.46. The Morgan fingerprint density at radius 1 is 0.447 bits per heavy atom. The Hall–Kier alpha value is -6.60. The van der Waals surface area contributed by atoms with E-state index in [1.165, 1.54) is 0 Å². The number of fused-ring (bicyclic) bond motifs is 4. The lowest BCUT2D eigenvalue weighted by molar-refractivity contribution is 0.667. The number of aromatic nitrogens is 6. The molecule has 0 saturated heterocycles. The molecular weight excluding hydrogens is 580 g/mol. The number of benzene rings is 5. The molecule has 220 valence electrons. The zero-order chi connectivity index (χ0) is 31.2. The SMILES string of the molecule is c1ccc(-c2nc(-c3ccccc3)nc(-c3cccc(-c4ccc5c(c4)oc4c(-c6cc7ccccc7cn6)ncnc45)c3)n2)cc1. The predicted octanol–water partition coefficient (Wildman–Crippen LogP) is 9.44. The lowest BCUT2D eigenvalue weighted by Gasteiger charge is -2.09. The van der Waals surface area contributed by atoms with Crippen LogP contribution in [0.2, 0.25) is 0 Å². The van der Waals surface area contributed by atoms with E-state index < -0.39 is 0 Å². The van der Waals surface area contributed by atoms with Crippen LogP contribution in [0.4, 0.5) is 0 Å². The molecule has 0 amide bonds. The van der Waals surface area contributed by atoms with E-state index in [0.29, 0.717) is 28.8 Å². The molecular formula is C40H24N6O. The molecule has 0 atom stereocenters. The van der Waals surface area contributed by atoms with Crippen LogP contribution in [0.25, 0.3) is 89.5 Å². The summed E-state index contributed by atoms with van der Waals surface area (Å²) in [5.41, 5.74) is 8.26. The second-order valence-corrected chi connectivity index (χ2v) is 11.2. The summed E-state index contributed by atoms with van der Waals surface area (Å²) >= 11 is 0. The third kappa shape index (κ3) is 4.87. The van der Waals surface area contributed by atoms with Gasteiger partial charge in [0.25, 0.3) is 0 Å². The minimum absolute atomic E-state index is 0.604. The van der Waals surface area contributed by atoms with Gasteiger partial charge in [0.1, 0.15) is 23.1 Å². The molecule has 4 aromatic heterocycles. The third-order valence-corrected chi connectivity index (χ3v) is 8.28. The van der Waals surface area contributed by atoms with Gasteiger partial charge in [-0.3, -0.25) is 4.98 Å². The smallest absolute Gasteiger partial charge is 0.181 e. The highest BCUT2D eigenvalue weighted by Gasteiger charge is 2.17. The first kappa shape index (κ1) is 26.8. The molecule has 9 aromatic rings. The van der Waals surface area contributed by atoms with E-state index in [4.69, 9.17) is 19.4 Å². The maximum Gasteiger partial charge on any atom is 0.181 e. The summed E-state index contributed by atoms with van der Waals surface area (Å²) in [6.45, 7) is 0. The highest BCUT2D eigenvalue weighted by atomic mass is 16.3. The molecule has 7 heteroatoms. The molecule has 0 saturated carbocycles. The van der Waals surface area contributed by atoms with Gasteiger partial charge in [0.05, 0.1) is 5.69 Å². The van der Waals surface area contributed by atoms with Crippen molar-refractivity contribution in [3.63, 3.8) is 0 Å². The lowest BCUT2D eigenvalue weighted by atomic mass is 10.0. The molecule has 0 N–H and O–H groups in total. The number of rotatable bonds is 5. The lowest BCUT2D eigenvalue weighted by Crippen LogP contribution is -2.00. The van der Waals surface area contributed by atoms with E-state index in [1.807, 2.05) is 109 Å². The van der Waals surface area contributed by atoms with Gasteiger partial charge in [-0.15, -0.1) is 0 Å². The van der Waals surface area contributed by atoms with Crippen molar-refractivity contribution in [1.82, 2.24) is 29.9 Å². The molecule has 0 aliphatic carbocycles. The molecule has 47 heavy (non-hydrogen) atoms. The van der Waals surface area contributed by atoms with Crippen molar-refractivity contribution in [3.05, 3.63) is 146 Å². The topological polar surface area (TPSA) is 90.5 Å². The zero-order valence-corrected chi connectivity index (χ0v) is 24.9. The van der Waals surface area contributed by atoms with E-state index in [9.17, 15) is 0 Å². The van der Waals surface area contributed by atoms with Crippen LogP contribution in [-0.2, 0) is 0 Å². The van der Waals surface area contributed by atoms with E-state index in [0.717, 1.165) is 60.8 Å². The minimum Gasteiger partial charge on any atom is -0.452 e. The second kappa shape index (κ2) is 11.1. The molecule has 0 fully saturated rings. The Labute approximate surface area is 269 Å². The highest BCUT2D eigenvalue weighted by Crippen LogP contribution is 2.36. The van der Waals surface area contributed by atoms with E-state index in [2.05, 4.69) is 45.3 Å². The van der Waals surface area contributed by atoms with Crippen molar-refractivity contribution in [2.24, 2.45) is 0 Å². The Kier molecular flexibility index (Phi) is 6.31. The molecule has 5 aromatic carbocycles. The van der Waals surface area contributed by atoms with Gasteiger partial charge in [-0.25, -0.2) is 24.9 Å². The normalized spacial score (nSPS) is 11.4. The fourth-order valence-corrected chi connectivity index (χ4v) is 5.93. The van der Waals surface area contributed by atoms with Crippen molar-refractivity contribution >= 4 is 32.8 Å². The van der Waals surface area contributed by atoms with Crippen LogP contribution >= 0.6 is 0 Å². The van der Waals surface area contributed by atoms with Gasteiger partial charge in [0, 0.05) is 33.7 Å². The van der Waals surface area contributed by atoms with Crippen LogP contribution < -0.4 is 0 Å². The molecule has 0 spiro atoms. The average Bonchev–Trinajstić information content (AvgIpc) is 3.53. The summed E-state index contributed by atoms with van der Waals surface area (Å²) in [6, 6.07) is 44.6. The molecule has 0 aliphatic heterocycles. The molecule has 4 heterocycles. The number of furan rings is 1. The van der Waals surface area contributed by atoms with Crippen LogP contribution in [-0.4, -0.2) is 29.9 Å². The highest BCUT2D eigenvalue weighted by molar-refractivity contribution is 6.07. The van der Waals surface area contributed by atoms with Crippen molar-refractivity contribution in [3.8, 4) is 56.7 Å². The van der Waals surface area contributed by atoms with Crippen LogP contribution in [0.5, 0.6) is 0 Å². The number of nitrogens with zero attached hydrogens (tertiary/aromatic N) is 6. The number of hydrogen-bond acceptors (Lipinski definition) is 7. The van der Waals surface area contributed by atoms with Crippen molar-refractivity contribution < 1.29 is 4.42 Å². The Balaban J connectivity index is 1.13. The monoisotopic (exact) mass is 604 g/mol. The summed E-state index contributed by atoms with van der Waals surface area (Å²) in [7, 11) is 0. The summed E-state index contributed by atoms with van der Waals surface area (Å²) in [6.07, 6.45) is 3.44.